The highest BCUT2D eigenvalue weighted by atomic mass is 16.4. The monoisotopic (exact) mass is 243 g/mol. The molecule has 100 valence electrons. The maximum Gasteiger partial charge on any atom is 0.326 e. The van der Waals surface area contributed by atoms with E-state index in [1.807, 2.05) is 6.92 Å². The second-order valence-electron chi connectivity index (χ2n) is 5.81. The van der Waals surface area contributed by atoms with Gasteiger partial charge in [0.2, 0.25) is 5.91 Å². The van der Waals surface area contributed by atoms with Crippen LogP contribution in [0, 0.1) is 11.3 Å². The van der Waals surface area contributed by atoms with Crippen molar-refractivity contribution in [3.63, 3.8) is 0 Å². The lowest BCUT2D eigenvalue weighted by molar-refractivity contribution is -0.142. The average Bonchev–Trinajstić information content (AvgIpc) is 2.20. The van der Waals surface area contributed by atoms with Gasteiger partial charge in [-0.3, -0.25) is 4.79 Å². The fourth-order valence-electron chi connectivity index (χ4n) is 1.33. The lowest BCUT2D eigenvalue weighted by Gasteiger charge is -2.22. The normalized spacial score (nSPS) is 15.1. The average molecular weight is 243 g/mol. The van der Waals surface area contributed by atoms with Gasteiger partial charge in [0.25, 0.3) is 0 Å². The minimum atomic E-state index is -0.953. The third-order valence-electron chi connectivity index (χ3n) is 2.86. The van der Waals surface area contributed by atoms with Gasteiger partial charge in [-0.2, -0.15) is 0 Å². The van der Waals surface area contributed by atoms with Crippen LogP contribution in [0.2, 0.25) is 0 Å². The van der Waals surface area contributed by atoms with Crippen LogP contribution in [0.15, 0.2) is 0 Å². The van der Waals surface area contributed by atoms with Crippen molar-refractivity contribution < 1.29 is 14.7 Å². The van der Waals surface area contributed by atoms with Crippen molar-refractivity contribution in [3.05, 3.63) is 0 Å². The van der Waals surface area contributed by atoms with Gasteiger partial charge >= 0.3 is 5.97 Å². The maximum atomic E-state index is 11.6. The molecule has 0 radical (unpaired) electrons. The molecule has 0 aromatic carbocycles. The number of hydrogen-bond donors (Lipinski definition) is 2. The van der Waals surface area contributed by atoms with Crippen LogP contribution in [0.5, 0.6) is 0 Å². The molecule has 1 amide bonds. The number of rotatable bonds is 6. The standard InChI is InChI=1S/C13H25NO3/c1-6-9(2)11(15)14-10(12(16)17)7-8-13(3,4)5/h9-10H,6-8H2,1-5H3,(H,14,15)(H,16,17). The number of carboxylic acids is 1. The predicted molar refractivity (Wildman–Crippen MR) is 67.7 cm³/mol. The molecule has 2 N–H and O–H groups in total. The molecule has 0 heterocycles. The summed E-state index contributed by atoms with van der Waals surface area (Å²) in [5, 5.41) is 11.7. The van der Waals surface area contributed by atoms with Crippen LogP contribution in [0.3, 0.4) is 0 Å². The van der Waals surface area contributed by atoms with Gasteiger partial charge in [-0.1, -0.05) is 34.6 Å². The Bertz CT molecular complexity index is 268. The molecule has 4 nitrogen and oxygen atoms in total. The first-order valence-electron chi connectivity index (χ1n) is 6.20. The fraction of sp³-hybridized carbons (Fsp3) is 0.846. The largest absolute Gasteiger partial charge is 0.480 e. The molecular weight excluding hydrogens is 218 g/mol. The van der Waals surface area contributed by atoms with Gasteiger partial charge in [-0.15, -0.1) is 0 Å². The molecule has 2 atom stereocenters. The summed E-state index contributed by atoms with van der Waals surface area (Å²) in [7, 11) is 0. The zero-order chi connectivity index (χ0) is 13.6. The Morgan fingerprint density at radius 2 is 1.82 bits per heavy atom. The fourth-order valence-corrected chi connectivity index (χ4v) is 1.33. The molecule has 0 aromatic rings. The molecule has 0 aliphatic heterocycles. The summed E-state index contributed by atoms with van der Waals surface area (Å²) in [6.07, 6.45) is 1.96. The number of amides is 1. The first kappa shape index (κ1) is 15.9. The lowest BCUT2D eigenvalue weighted by atomic mass is 9.88. The van der Waals surface area contributed by atoms with Gasteiger partial charge in [0.05, 0.1) is 0 Å². The van der Waals surface area contributed by atoms with Gasteiger partial charge in [-0.25, -0.2) is 4.79 Å². The first-order chi connectivity index (χ1) is 7.67. The Hall–Kier alpha value is -1.06. The van der Waals surface area contributed by atoms with Crippen LogP contribution in [-0.4, -0.2) is 23.0 Å². The summed E-state index contributed by atoms with van der Waals surface area (Å²) < 4.78 is 0. The van der Waals surface area contributed by atoms with Crippen LogP contribution in [-0.2, 0) is 9.59 Å². The molecule has 0 rings (SSSR count). The Labute approximate surface area is 104 Å². The van der Waals surface area contributed by atoms with E-state index in [1.165, 1.54) is 0 Å². The lowest BCUT2D eigenvalue weighted by Crippen LogP contribution is -2.43. The zero-order valence-electron chi connectivity index (χ0n) is 11.5. The highest BCUT2D eigenvalue weighted by Gasteiger charge is 2.24. The van der Waals surface area contributed by atoms with Crippen molar-refractivity contribution in [1.29, 1.82) is 0 Å². The Morgan fingerprint density at radius 3 is 2.18 bits per heavy atom. The molecule has 4 heteroatoms. The second-order valence-corrected chi connectivity index (χ2v) is 5.81. The summed E-state index contributed by atoms with van der Waals surface area (Å²) in [5.41, 5.74) is 0.0782. The topological polar surface area (TPSA) is 66.4 Å². The Balaban J connectivity index is 4.35. The molecule has 0 aliphatic carbocycles. The third kappa shape index (κ3) is 6.97. The van der Waals surface area contributed by atoms with Crippen LogP contribution in [0.1, 0.15) is 53.9 Å². The number of carboxylic acid groups (broad SMARTS) is 1. The maximum absolute atomic E-state index is 11.6. The quantitative estimate of drug-likeness (QED) is 0.753. The van der Waals surface area contributed by atoms with Crippen LogP contribution >= 0.6 is 0 Å². The molecule has 0 spiro atoms. The van der Waals surface area contributed by atoms with Crippen molar-refractivity contribution in [2.24, 2.45) is 11.3 Å². The van der Waals surface area contributed by atoms with E-state index in [-0.39, 0.29) is 17.2 Å². The summed E-state index contributed by atoms with van der Waals surface area (Å²) >= 11 is 0. The highest BCUT2D eigenvalue weighted by Crippen LogP contribution is 2.21. The second kappa shape index (κ2) is 6.62. The summed E-state index contributed by atoms with van der Waals surface area (Å²) in [6, 6.07) is -0.768. The summed E-state index contributed by atoms with van der Waals surface area (Å²) in [5.74, 6) is -1.26. The van der Waals surface area contributed by atoms with Crippen LogP contribution in [0.25, 0.3) is 0 Å². The number of carbonyl (C=O) groups excluding carboxylic acids is 1. The van der Waals surface area contributed by atoms with Gasteiger partial charge in [0, 0.05) is 5.92 Å². The third-order valence-corrected chi connectivity index (χ3v) is 2.86. The van der Waals surface area contributed by atoms with E-state index in [0.29, 0.717) is 6.42 Å². The molecule has 0 fully saturated rings. The molecule has 17 heavy (non-hydrogen) atoms. The number of nitrogens with one attached hydrogen (secondary N) is 1. The van der Waals surface area contributed by atoms with E-state index < -0.39 is 12.0 Å². The predicted octanol–water partition coefficient (Wildman–Crippen LogP) is 2.43. The molecule has 0 saturated carbocycles. The van der Waals surface area contributed by atoms with E-state index >= 15 is 0 Å². The SMILES string of the molecule is CCC(C)C(=O)NC(CCC(C)(C)C)C(=O)O. The molecule has 2 unspecified atom stereocenters. The van der Waals surface area contributed by atoms with Crippen molar-refractivity contribution in [2.75, 3.05) is 0 Å². The molecule has 0 aliphatic rings. The molecule has 0 bridgehead atoms. The zero-order valence-corrected chi connectivity index (χ0v) is 11.5. The Kier molecular flexibility index (Phi) is 6.21. The van der Waals surface area contributed by atoms with E-state index in [2.05, 4.69) is 26.1 Å². The number of carbonyl (C=O) groups is 2. The molecule has 0 aromatic heterocycles. The number of aliphatic carboxylic acids is 1. The summed E-state index contributed by atoms with van der Waals surface area (Å²) in [6.45, 7) is 9.89. The van der Waals surface area contributed by atoms with Crippen molar-refractivity contribution in [3.8, 4) is 0 Å². The van der Waals surface area contributed by atoms with Gasteiger partial charge in [-0.05, 0) is 24.7 Å². The Morgan fingerprint density at radius 1 is 1.29 bits per heavy atom. The van der Waals surface area contributed by atoms with E-state index in [9.17, 15) is 9.59 Å². The minimum absolute atomic E-state index is 0.0782. The van der Waals surface area contributed by atoms with Gasteiger partial charge < -0.3 is 10.4 Å². The van der Waals surface area contributed by atoms with E-state index in [0.717, 1.165) is 12.8 Å². The van der Waals surface area contributed by atoms with Gasteiger partial charge in [0.1, 0.15) is 6.04 Å². The van der Waals surface area contributed by atoms with Crippen molar-refractivity contribution in [1.82, 2.24) is 5.32 Å². The molecule has 0 saturated heterocycles. The molecular formula is C13H25NO3. The van der Waals surface area contributed by atoms with Crippen LogP contribution in [0.4, 0.5) is 0 Å². The smallest absolute Gasteiger partial charge is 0.326 e. The highest BCUT2D eigenvalue weighted by molar-refractivity contribution is 5.84. The van der Waals surface area contributed by atoms with Crippen molar-refractivity contribution in [2.45, 2.75) is 59.9 Å². The van der Waals surface area contributed by atoms with Gasteiger partial charge in [0.15, 0.2) is 0 Å². The van der Waals surface area contributed by atoms with E-state index in [4.69, 9.17) is 5.11 Å². The van der Waals surface area contributed by atoms with Crippen LogP contribution < -0.4 is 5.32 Å². The summed E-state index contributed by atoms with van der Waals surface area (Å²) in [4.78, 5) is 22.7. The van der Waals surface area contributed by atoms with Crippen molar-refractivity contribution >= 4 is 11.9 Å². The number of hydrogen-bond acceptors (Lipinski definition) is 2. The minimum Gasteiger partial charge on any atom is -0.480 e. The van der Waals surface area contributed by atoms with E-state index in [1.54, 1.807) is 6.92 Å². The first-order valence-corrected chi connectivity index (χ1v) is 6.20.